The number of nitro groups is 1. The van der Waals surface area contributed by atoms with Crippen molar-refractivity contribution in [1.29, 1.82) is 0 Å². The number of benzene rings is 2. The minimum absolute atomic E-state index is 0.0487. The zero-order valence-corrected chi connectivity index (χ0v) is 21.0. The average molecular weight is 518 g/mol. The first-order valence-corrected chi connectivity index (χ1v) is 11.9. The molecule has 2 heterocycles. The van der Waals surface area contributed by atoms with Gasteiger partial charge in [-0.3, -0.25) is 19.6 Å². The number of furan rings is 1. The molecule has 196 valence electrons. The first-order chi connectivity index (χ1) is 18.4. The van der Waals surface area contributed by atoms with Crippen LogP contribution in [-0.2, 0) is 19.6 Å². The topological polar surface area (TPSA) is 134 Å². The van der Waals surface area contributed by atoms with E-state index < -0.39 is 10.8 Å². The average Bonchev–Trinajstić information content (AvgIpc) is 3.59. The van der Waals surface area contributed by atoms with Gasteiger partial charge in [0.05, 0.1) is 24.8 Å². The SMILES string of the molecule is CCCc1ccc(OCc2cc(/C=N/NC(=O)c3ccc(Cn4cc([N+](=O)[O-])cn4)o3)ccc2OC)cc1. The second kappa shape index (κ2) is 12.3. The van der Waals surface area contributed by atoms with E-state index in [-0.39, 0.29) is 18.0 Å². The van der Waals surface area contributed by atoms with Gasteiger partial charge in [-0.15, -0.1) is 0 Å². The van der Waals surface area contributed by atoms with Gasteiger partial charge in [-0.25, -0.2) is 5.43 Å². The molecule has 0 saturated heterocycles. The molecule has 0 fully saturated rings. The fourth-order valence-electron chi connectivity index (χ4n) is 3.69. The maximum absolute atomic E-state index is 12.4. The summed E-state index contributed by atoms with van der Waals surface area (Å²) < 4.78 is 18.3. The summed E-state index contributed by atoms with van der Waals surface area (Å²) in [6, 6.07) is 16.6. The summed E-state index contributed by atoms with van der Waals surface area (Å²) in [5.41, 5.74) is 5.14. The Labute approximate surface area is 218 Å². The Morgan fingerprint density at radius 2 is 2.03 bits per heavy atom. The van der Waals surface area contributed by atoms with Crippen molar-refractivity contribution in [3.63, 3.8) is 0 Å². The number of hydrogen-bond acceptors (Lipinski definition) is 8. The minimum atomic E-state index is -0.539. The lowest BCUT2D eigenvalue weighted by atomic mass is 10.1. The molecule has 4 aromatic rings. The van der Waals surface area contributed by atoms with Gasteiger partial charge < -0.3 is 13.9 Å². The maximum atomic E-state index is 12.4. The van der Waals surface area contributed by atoms with E-state index in [0.29, 0.717) is 18.1 Å². The van der Waals surface area contributed by atoms with Gasteiger partial charge in [0, 0.05) is 5.56 Å². The monoisotopic (exact) mass is 517 g/mol. The Balaban J connectivity index is 1.34. The van der Waals surface area contributed by atoms with Gasteiger partial charge in [0.15, 0.2) is 5.76 Å². The molecule has 1 amide bonds. The van der Waals surface area contributed by atoms with E-state index in [2.05, 4.69) is 34.7 Å². The highest BCUT2D eigenvalue weighted by Gasteiger charge is 2.13. The summed E-state index contributed by atoms with van der Waals surface area (Å²) in [6.07, 6.45) is 6.06. The summed E-state index contributed by atoms with van der Waals surface area (Å²) in [5, 5.41) is 18.7. The summed E-state index contributed by atoms with van der Waals surface area (Å²) >= 11 is 0. The predicted molar refractivity (Wildman–Crippen MR) is 140 cm³/mol. The number of carbonyl (C=O) groups excluding carboxylic acids is 1. The minimum Gasteiger partial charge on any atom is -0.496 e. The first kappa shape index (κ1) is 26.1. The number of nitrogens with zero attached hydrogens (tertiary/aromatic N) is 4. The number of carbonyl (C=O) groups is 1. The predicted octanol–water partition coefficient (Wildman–Crippen LogP) is 4.74. The standard InChI is InChI=1S/C27H27N5O6/c1-3-4-19-5-8-23(9-6-19)37-18-21-13-20(7-11-25(21)36-2)14-28-30-27(33)26-12-10-24(38-26)17-31-16-22(15-29-31)32(34)35/h5-16H,3-4,17-18H2,1-2H3,(H,30,33)/b28-14+. The van der Waals surface area contributed by atoms with E-state index in [1.54, 1.807) is 13.2 Å². The van der Waals surface area contributed by atoms with Crippen LogP contribution in [0.5, 0.6) is 11.5 Å². The van der Waals surface area contributed by atoms with Crippen molar-refractivity contribution < 1.29 is 23.6 Å². The van der Waals surface area contributed by atoms with Crippen LogP contribution in [0.25, 0.3) is 0 Å². The number of hydrogen-bond donors (Lipinski definition) is 1. The van der Waals surface area contributed by atoms with Crippen LogP contribution in [-0.4, -0.2) is 33.9 Å². The molecule has 0 aliphatic heterocycles. The van der Waals surface area contributed by atoms with Crippen LogP contribution >= 0.6 is 0 Å². The number of ether oxygens (including phenoxy) is 2. The van der Waals surface area contributed by atoms with Crippen molar-refractivity contribution in [3.8, 4) is 11.5 Å². The quantitative estimate of drug-likeness (QED) is 0.163. The molecule has 0 radical (unpaired) electrons. The van der Waals surface area contributed by atoms with Crippen molar-refractivity contribution >= 4 is 17.8 Å². The molecule has 4 rings (SSSR count). The Hall–Kier alpha value is -4.93. The van der Waals surface area contributed by atoms with Crippen molar-refractivity contribution in [2.75, 3.05) is 7.11 Å². The number of hydrazone groups is 1. The van der Waals surface area contributed by atoms with Crippen molar-refractivity contribution in [2.24, 2.45) is 5.10 Å². The molecule has 11 nitrogen and oxygen atoms in total. The molecule has 2 aromatic heterocycles. The van der Waals surface area contributed by atoms with Crippen LogP contribution in [0.15, 0.2) is 76.5 Å². The van der Waals surface area contributed by atoms with Crippen LogP contribution in [0.3, 0.4) is 0 Å². The number of aromatic nitrogens is 2. The van der Waals surface area contributed by atoms with E-state index in [4.69, 9.17) is 13.9 Å². The summed E-state index contributed by atoms with van der Waals surface area (Å²) in [4.78, 5) is 22.7. The van der Waals surface area contributed by atoms with Gasteiger partial charge in [-0.1, -0.05) is 25.5 Å². The Morgan fingerprint density at radius 3 is 2.74 bits per heavy atom. The third-order valence-corrected chi connectivity index (χ3v) is 5.57. The van der Waals surface area contributed by atoms with Crippen LogP contribution in [0, 0.1) is 10.1 Å². The molecule has 2 aromatic carbocycles. The Kier molecular flexibility index (Phi) is 8.50. The van der Waals surface area contributed by atoms with E-state index in [1.165, 1.54) is 28.7 Å². The molecule has 0 aliphatic rings. The molecule has 0 unspecified atom stereocenters. The lowest BCUT2D eigenvalue weighted by Gasteiger charge is -2.11. The Morgan fingerprint density at radius 1 is 1.21 bits per heavy atom. The Bertz CT molecular complexity index is 1420. The van der Waals surface area contributed by atoms with Crippen LogP contribution in [0.2, 0.25) is 0 Å². The molecule has 38 heavy (non-hydrogen) atoms. The molecule has 0 atom stereocenters. The lowest BCUT2D eigenvalue weighted by Crippen LogP contribution is -2.16. The number of rotatable bonds is 12. The van der Waals surface area contributed by atoms with Crippen molar-refractivity contribution in [1.82, 2.24) is 15.2 Å². The van der Waals surface area contributed by atoms with Gasteiger partial charge in [-0.05, 0) is 60.0 Å². The number of amides is 1. The fourth-order valence-corrected chi connectivity index (χ4v) is 3.69. The maximum Gasteiger partial charge on any atom is 0.307 e. The van der Waals surface area contributed by atoms with E-state index >= 15 is 0 Å². The van der Waals surface area contributed by atoms with Crippen molar-refractivity contribution in [2.45, 2.75) is 32.9 Å². The molecular weight excluding hydrogens is 490 g/mol. The van der Waals surface area contributed by atoms with Gasteiger partial charge in [0.25, 0.3) is 0 Å². The number of methoxy groups -OCH3 is 1. The molecular formula is C27H27N5O6. The molecule has 0 aliphatic carbocycles. The summed E-state index contributed by atoms with van der Waals surface area (Å²) in [7, 11) is 1.59. The van der Waals surface area contributed by atoms with Gasteiger partial charge >= 0.3 is 11.6 Å². The number of aryl methyl sites for hydroxylation is 1. The van der Waals surface area contributed by atoms with Gasteiger partial charge in [0.2, 0.25) is 0 Å². The molecule has 0 bridgehead atoms. The zero-order chi connectivity index (χ0) is 26.9. The first-order valence-electron chi connectivity index (χ1n) is 11.9. The third kappa shape index (κ3) is 6.84. The van der Waals surface area contributed by atoms with E-state index in [0.717, 1.165) is 35.9 Å². The molecule has 0 saturated carbocycles. The normalized spacial score (nSPS) is 11.0. The van der Waals surface area contributed by atoms with E-state index in [9.17, 15) is 14.9 Å². The van der Waals surface area contributed by atoms with Crippen LogP contribution < -0.4 is 14.9 Å². The molecule has 1 N–H and O–H groups in total. The van der Waals surface area contributed by atoms with Crippen LogP contribution in [0.4, 0.5) is 5.69 Å². The number of nitrogens with one attached hydrogen (secondary N) is 1. The van der Waals surface area contributed by atoms with Gasteiger partial charge in [0.1, 0.15) is 36.3 Å². The largest absolute Gasteiger partial charge is 0.496 e. The summed E-state index contributed by atoms with van der Waals surface area (Å²) in [6.45, 7) is 2.59. The smallest absolute Gasteiger partial charge is 0.307 e. The van der Waals surface area contributed by atoms with Gasteiger partial charge in [-0.2, -0.15) is 10.2 Å². The summed E-state index contributed by atoms with van der Waals surface area (Å²) in [5.74, 6) is 1.37. The highest BCUT2D eigenvalue weighted by molar-refractivity contribution is 5.92. The van der Waals surface area contributed by atoms with Crippen LogP contribution in [0.1, 0.15) is 46.3 Å². The van der Waals surface area contributed by atoms with Crippen molar-refractivity contribution in [3.05, 3.63) is 105 Å². The second-order valence-electron chi connectivity index (χ2n) is 8.37. The molecule has 11 heteroatoms. The second-order valence-corrected chi connectivity index (χ2v) is 8.37. The molecule has 0 spiro atoms. The highest BCUT2D eigenvalue weighted by Crippen LogP contribution is 2.22. The lowest BCUT2D eigenvalue weighted by molar-refractivity contribution is -0.385. The van der Waals surface area contributed by atoms with E-state index in [1.807, 2.05) is 30.3 Å². The third-order valence-electron chi connectivity index (χ3n) is 5.57. The highest BCUT2D eigenvalue weighted by atomic mass is 16.6. The fraction of sp³-hybridized carbons (Fsp3) is 0.222. The zero-order valence-electron chi connectivity index (χ0n) is 21.0.